The fraction of sp³-hybridized carbons (Fsp3) is 0.538. The average molecular weight is 990 g/mol. The van der Waals surface area contributed by atoms with Gasteiger partial charge >= 0.3 is 6.03 Å². The van der Waals surface area contributed by atoms with Crippen LogP contribution in [0.4, 0.5) is 4.79 Å². The van der Waals surface area contributed by atoms with E-state index in [-0.39, 0.29) is 73.4 Å². The summed E-state index contributed by atoms with van der Waals surface area (Å²) in [5, 5.41) is 26.6. The number of phenolic OH excluding ortho intramolecular Hbond substituents is 1. The van der Waals surface area contributed by atoms with Gasteiger partial charge < -0.3 is 67.4 Å². The minimum atomic E-state index is -0.964. The average Bonchev–Trinajstić information content (AvgIpc) is 3.33. The molecule has 3 rings (SSSR count). The van der Waals surface area contributed by atoms with Crippen LogP contribution in [0.2, 0.25) is 0 Å². The number of hydrogen-bond donors (Lipinski definition) is 9. The predicted octanol–water partition coefficient (Wildman–Crippen LogP) is 3.97. The first-order chi connectivity index (χ1) is 34.0. The van der Waals surface area contributed by atoms with Gasteiger partial charge in [-0.1, -0.05) is 89.2 Å². The highest BCUT2D eigenvalue weighted by atomic mass is 16.5. The van der Waals surface area contributed by atoms with Gasteiger partial charge in [0.2, 0.25) is 23.6 Å². The van der Waals surface area contributed by atoms with Gasteiger partial charge in [-0.2, -0.15) is 4.99 Å². The van der Waals surface area contributed by atoms with E-state index in [1.807, 2.05) is 54.6 Å². The van der Waals surface area contributed by atoms with E-state index in [1.165, 1.54) is 12.1 Å². The number of ether oxygens (including phenoxy) is 4. The number of benzene rings is 3. The summed E-state index contributed by atoms with van der Waals surface area (Å²) in [4.78, 5) is 68.0. The van der Waals surface area contributed by atoms with Crippen molar-refractivity contribution in [2.24, 2.45) is 27.3 Å². The normalized spacial score (nSPS) is 12.6. The van der Waals surface area contributed by atoms with Crippen molar-refractivity contribution in [2.75, 3.05) is 79.0 Å². The molecule has 3 aromatic rings. The molecule has 71 heavy (non-hydrogen) atoms. The van der Waals surface area contributed by atoms with Crippen LogP contribution in [-0.4, -0.2) is 126 Å². The Hall–Kier alpha value is -6.28. The Morgan fingerprint density at radius 2 is 1.30 bits per heavy atom. The second kappa shape index (κ2) is 32.6. The van der Waals surface area contributed by atoms with Gasteiger partial charge in [0.05, 0.1) is 52.2 Å². The molecule has 19 heteroatoms. The SMILES string of the molecule is CCC(=O)NCCNC(=O)/N=C(/N)NCCC[C@@H](NC(=O)C(c1ccccc1)c1cccc(OCCCCNC(=O)CCOCC(C)(C)COCC(C)(C)COCCN)c1)C(=O)NCc1ccc(O)cc1. The van der Waals surface area contributed by atoms with Crippen molar-refractivity contribution in [3.05, 3.63) is 95.6 Å². The Morgan fingerprint density at radius 1 is 0.662 bits per heavy atom. The topological polar surface area (TPSA) is 279 Å². The highest BCUT2D eigenvalue weighted by Gasteiger charge is 2.29. The quantitative estimate of drug-likeness (QED) is 0.0233. The Labute approximate surface area is 419 Å². The molecule has 0 saturated heterocycles. The first kappa shape index (κ1) is 59.0. The van der Waals surface area contributed by atoms with E-state index in [2.05, 4.69) is 64.6 Å². The number of urea groups is 1. The number of nitrogens with zero attached hydrogens (tertiary/aromatic N) is 1. The fourth-order valence-electron chi connectivity index (χ4n) is 6.95. The van der Waals surface area contributed by atoms with Gasteiger partial charge in [-0.3, -0.25) is 19.2 Å². The summed E-state index contributed by atoms with van der Waals surface area (Å²) in [6.07, 6.45) is 2.52. The number of aromatic hydroxyl groups is 1. The zero-order chi connectivity index (χ0) is 51.9. The number of phenols is 1. The molecule has 0 bridgehead atoms. The van der Waals surface area contributed by atoms with Gasteiger partial charge in [-0.05, 0) is 66.6 Å². The maximum atomic E-state index is 14.4. The summed E-state index contributed by atoms with van der Waals surface area (Å²) in [5.41, 5.74) is 13.2. The fourth-order valence-corrected chi connectivity index (χ4v) is 6.95. The Balaban J connectivity index is 1.53. The third-order valence-electron chi connectivity index (χ3n) is 10.7. The number of rotatable bonds is 34. The Kier molecular flexibility index (Phi) is 27.1. The molecule has 0 aliphatic rings. The van der Waals surface area contributed by atoms with Crippen molar-refractivity contribution in [1.82, 2.24) is 31.9 Å². The van der Waals surface area contributed by atoms with E-state index in [1.54, 1.807) is 19.1 Å². The van der Waals surface area contributed by atoms with Crippen LogP contribution in [0.15, 0.2) is 83.9 Å². The molecule has 19 nitrogen and oxygen atoms in total. The molecule has 0 aromatic heterocycles. The van der Waals surface area contributed by atoms with Gasteiger partial charge in [0.1, 0.15) is 17.5 Å². The van der Waals surface area contributed by atoms with Crippen LogP contribution in [-0.2, 0) is 39.9 Å². The first-order valence-corrected chi connectivity index (χ1v) is 24.5. The summed E-state index contributed by atoms with van der Waals surface area (Å²) < 4.78 is 23.5. The van der Waals surface area contributed by atoms with Crippen LogP contribution < -0.4 is 48.1 Å². The zero-order valence-corrected chi connectivity index (χ0v) is 42.3. The number of nitrogens with one attached hydrogen (secondary N) is 6. The van der Waals surface area contributed by atoms with Gasteiger partial charge in [0.25, 0.3) is 0 Å². The number of guanidine groups is 1. The number of hydrogen-bond acceptors (Lipinski definition) is 11. The molecule has 0 saturated carbocycles. The molecule has 11 N–H and O–H groups in total. The molecule has 2 atom stereocenters. The zero-order valence-electron chi connectivity index (χ0n) is 42.3. The third-order valence-corrected chi connectivity index (χ3v) is 10.7. The van der Waals surface area contributed by atoms with E-state index in [9.17, 15) is 29.1 Å². The minimum Gasteiger partial charge on any atom is -0.508 e. The summed E-state index contributed by atoms with van der Waals surface area (Å²) in [5.74, 6) is -1.32. The van der Waals surface area contributed by atoms with E-state index in [0.29, 0.717) is 102 Å². The molecular formula is C52H79N9O10. The number of unbranched alkanes of at least 4 members (excludes halogenated alkanes) is 1. The predicted molar refractivity (Wildman–Crippen MR) is 274 cm³/mol. The lowest BCUT2D eigenvalue weighted by Gasteiger charge is -2.29. The maximum Gasteiger partial charge on any atom is 0.344 e. The molecule has 0 spiro atoms. The van der Waals surface area contributed by atoms with Crippen LogP contribution in [0, 0.1) is 10.8 Å². The Bertz CT molecular complexity index is 2090. The van der Waals surface area contributed by atoms with Gasteiger partial charge in [-0.25, -0.2) is 4.79 Å². The molecule has 0 aliphatic carbocycles. The van der Waals surface area contributed by atoms with Crippen molar-refractivity contribution >= 4 is 35.6 Å². The molecule has 0 fully saturated rings. The van der Waals surface area contributed by atoms with Crippen molar-refractivity contribution < 1.29 is 48.0 Å². The highest BCUT2D eigenvalue weighted by molar-refractivity contribution is 5.93. The van der Waals surface area contributed by atoms with Crippen molar-refractivity contribution in [1.29, 1.82) is 0 Å². The van der Waals surface area contributed by atoms with Crippen molar-refractivity contribution in [2.45, 2.75) is 91.6 Å². The van der Waals surface area contributed by atoms with Crippen LogP contribution in [0.1, 0.15) is 95.8 Å². The maximum absolute atomic E-state index is 14.4. The van der Waals surface area contributed by atoms with Gasteiger partial charge in [-0.15, -0.1) is 0 Å². The Morgan fingerprint density at radius 3 is 1.99 bits per heavy atom. The molecule has 1 unspecified atom stereocenters. The van der Waals surface area contributed by atoms with E-state index < -0.39 is 29.8 Å². The summed E-state index contributed by atoms with van der Waals surface area (Å²) in [6.45, 7) is 15.2. The smallest absolute Gasteiger partial charge is 0.344 e. The van der Waals surface area contributed by atoms with Gasteiger partial charge in [0.15, 0.2) is 5.96 Å². The molecule has 6 amide bonds. The molecule has 0 aliphatic heterocycles. The molecular weight excluding hydrogens is 911 g/mol. The molecule has 3 aromatic carbocycles. The standard InChI is InChI=1S/C52H79N9O10/c1-6-44(63)56-27-28-58-50(67)61-49(54)57-26-13-18-43(47(65)59-33-38-19-21-41(62)22-20-38)60-48(66)46(39-14-8-7-9-15-39)40-16-12-17-42(32-40)71-29-11-10-25-55-45(64)23-30-68-34-51(2,3)36-70-37-52(4,5)35-69-31-24-53/h7-9,12,14-17,19-22,32,43,46,62H,6,10-11,13,18,23-31,33-37,53H2,1-5H3,(H,55,64)(H,56,63)(H,59,65)(H,60,66)(H4,54,57,58,61,67)/t43-,46?/m1/s1. The largest absolute Gasteiger partial charge is 0.508 e. The summed E-state index contributed by atoms with van der Waals surface area (Å²) in [6, 6.07) is 21.3. The first-order valence-electron chi connectivity index (χ1n) is 24.5. The number of aliphatic imine (C=N–C) groups is 1. The van der Waals surface area contributed by atoms with Crippen molar-refractivity contribution in [3.8, 4) is 11.5 Å². The number of nitrogens with two attached hydrogens (primary N) is 2. The monoisotopic (exact) mass is 990 g/mol. The van der Waals surface area contributed by atoms with E-state index in [0.717, 1.165) is 5.56 Å². The second-order valence-electron chi connectivity index (χ2n) is 18.7. The van der Waals surface area contributed by atoms with E-state index in [4.69, 9.17) is 30.4 Å². The number of carbonyl (C=O) groups is 5. The second-order valence-corrected chi connectivity index (χ2v) is 18.7. The third kappa shape index (κ3) is 25.4. The van der Waals surface area contributed by atoms with Gasteiger partial charge in [0, 0.05) is 62.9 Å². The van der Waals surface area contributed by atoms with Crippen LogP contribution in [0.3, 0.4) is 0 Å². The summed E-state index contributed by atoms with van der Waals surface area (Å²) in [7, 11) is 0. The lowest BCUT2D eigenvalue weighted by atomic mass is 9.90. The van der Waals surface area contributed by atoms with E-state index >= 15 is 0 Å². The minimum absolute atomic E-state index is 0.0883. The van der Waals surface area contributed by atoms with Crippen LogP contribution in [0.5, 0.6) is 11.5 Å². The number of carbonyl (C=O) groups excluding carboxylic acids is 5. The summed E-state index contributed by atoms with van der Waals surface area (Å²) >= 11 is 0. The number of amides is 6. The van der Waals surface area contributed by atoms with Crippen molar-refractivity contribution in [3.63, 3.8) is 0 Å². The lowest BCUT2D eigenvalue weighted by molar-refractivity contribution is -0.129. The van der Waals surface area contributed by atoms with Crippen LogP contribution in [0.25, 0.3) is 0 Å². The molecule has 0 radical (unpaired) electrons. The molecule has 0 heterocycles. The molecule has 392 valence electrons. The highest BCUT2D eigenvalue weighted by Crippen LogP contribution is 2.28. The van der Waals surface area contributed by atoms with Crippen LogP contribution >= 0.6 is 0 Å². The lowest BCUT2D eigenvalue weighted by Crippen LogP contribution is -2.48.